The zero-order valence-electron chi connectivity index (χ0n) is 15.8. The summed E-state index contributed by atoms with van der Waals surface area (Å²) in [5.74, 6) is -0.116. The van der Waals surface area contributed by atoms with Crippen molar-refractivity contribution in [3.8, 4) is 0 Å². The van der Waals surface area contributed by atoms with E-state index >= 15 is 0 Å². The highest BCUT2D eigenvalue weighted by molar-refractivity contribution is 6.04. The van der Waals surface area contributed by atoms with Crippen molar-refractivity contribution in [2.45, 2.75) is 31.8 Å². The van der Waals surface area contributed by atoms with Crippen LogP contribution in [0.4, 0.5) is 5.69 Å². The molecule has 1 aliphatic rings. The number of carbonyl (C=O) groups excluding carboxylic acids is 1. The number of anilines is 1. The zero-order chi connectivity index (χ0) is 19.2. The van der Waals surface area contributed by atoms with Gasteiger partial charge in [-0.15, -0.1) is 0 Å². The van der Waals surface area contributed by atoms with E-state index in [1.807, 2.05) is 36.5 Å². The molecule has 3 aromatic rings. The van der Waals surface area contributed by atoms with E-state index in [1.165, 1.54) is 12.8 Å². The average Bonchev–Trinajstić information content (AvgIpc) is 2.76. The molecule has 142 valence electrons. The number of rotatable bonds is 5. The van der Waals surface area contributed by atoms with Crippen molar-refractivity contribution in [1.82, 2.24) is 14.9 Å². The number of carbonyl (C=O) groups is 1. The van der Waals surface area contributed by atoms with Crippen molar-refractivity contribution < 1.29 is 4.79 Å². The fraction of sp³-hybridized carbons (Fsp3) is 0.261. The van der Waals surface area contributed by atoms with Gasteiger partial charge in [0.1, 0.15) is 0 Å². The van der Waals surface area contributed by atoms with E-state index in [2.05, 4.69) is 38.4 Å². The molecule has 1 amide bonds. The Morgan fingerprint density at radius 3 is 2.86 bits per heavy atom. The number of hydrogen-bond acceptors (Lipinski definition) is 4. The van der Waals surface area contributed by atoms with Crippen molar-refractivity contribution in [2.75, 3.05) is 11.9 Å². The summed E-state index contributed by atoms with van der Waals surface area (Å²) in [6.07, 6.45) is 8.75. The van der Waals surface area contributed by atoms with Crippen LogP contribution >= 0.6 is 0 Å². The molecule has 2 aromatic heterocycles. The highest BCUT2D eigenvalue weighted by Gasteiger charge is 2.25. The number of pyridine rings is 2. The molecule has 0 spiro atoms. The molecule has 0 bridgehead atoms. The maximum Gasteiger partial charge on any atom is 0.255 e. The molecule has 5 heteroatoms. The summed E-state index contributed by atoms with van der Waals surface area (Å²) in [6, 6.07) is 18.0. The van der Waals surface area contributed by atoms with Gasteiger partial charge >= 0.3 is 0 Å². The lowest BCUT2D eigenvalue weighted by atomic mass is 9.97. The van der Waals surface area contributed by atoms with Crippen molar-refractivity contribution in [1.29, 1.82) is 0 Å². The quantitative estimate of drug-likeness (QED) is 0.719. The van der Waals surface area contributed by atoms with Crippen LogP contribution in [0.25, 0.3) is 0 Å². The number of likely N-dealkylation sites (tertiary alicyclic amines) is 1. The van der Waals surface area contributed by atoms with Gasteiger partial charge in [-0.05, 0) is 61.3 Å². The Balaban J connectivity index is 1.48. The molecule has 0 unspecified atom stereocenters. The second kappa shape index (κ2) is 8.76. The first kappa shape index (κ1) is 18.3. The fourth-order valence-corrected chi connectivity index (χ4v) is 3.77. The first-order chi connectivity index (χ1) is 13.8. The predicted octanol–water partition coefficient (Wildman–Crippen LogP) is 4.46. The Kier molecular flexibility index (Phi) is 5.73. The standard InChI is InChI=1S/C23H24N4O/c28-23(26-20-9-6-12-24-16-20)19-8-5-7-18(15-19)17-27-14-4-2-11-22(27)21-10-1-3-13-25-21/h1,3,5-10,12-13,15-16,22H,2,4,11,14,17H2,(H,26,28)/t22-/m0/s1. The predicted molar refractivity (Wildman–Crippen MR) is 110 cm³/mol. The largest absolute Gasteiger partial charge is 0.321 e. The zero-order valence-corrected chi connectivity index (χ0v) is 15.8. The summed E-state index contributed by atoms with van der Waals surface area (Å²) in [4.78, 5) is 23.7. The second-order valence-electron chi connectivity index (χ2n) is 7.13. The Labute approximate surface area is 165 Å². The molecule has 0 aliphatic carbocycles. The summed E-state index contributed by atoms with van der Waals surface area (Å²) < 4.78 is 0. The molecule has 3 heterocycles. The number of amides is 1. The molecule has 1 N–H and O–H groups in total. The van der Waals surface area contributed by atoms with E-state index in [0.29, 0.717) is 17.3 Å². The third kappa shape index (κ3) is 4.43. The van der Waals surface area contributed by atoms with Crippen molar-refractivity contribution in [3.63, 3.8) is 0 Å². The minimum Gasteiger partial charge on any atom is -0.321 e. The van der Waals surface area contributed by atoms with Crippen LogP contribution in [0.3, 0.4) is 0 Å². The summed E-state index contributed by atoms with van der Waals surface area (Å²) in [5.41, 5.74) is 3.63. The average molecular weight is 372 g/mol. The minimum absolute atomic E-state index is 0.116. The van der Waals surface area contributed by atoms with Crippen LogP contribution < -0.4 is 5.32 Å². The van der Waals surface area contributed by atoms with Gasteiger partial charge in [0.25, 0.3) is 5.91 Å². The Morgan fingerprint density at radius 1 is 1.07 bits per heavy atom. The molecule has 1 saturated heterocycles. The third-order valence-electron chi connectivity index (χ3n) is 5.14. The summed E-state index contributed by atoms with van der Waals surface area (Å²) >= 11 is 0. The van der Waals surface area contributed by atoms with E-state index in [1.54, 1.807) is 18.5 Å². The van der Waals surface area contributed by atoms with E-state index in [0.717, 1.165) is 30.8 Å². The second-order valence-corrected chi connectivity index (χ2v) is 7.13. The van der Waals surface area contributed by atoms with Gasteiger partial charge in [-0.1, -0.05) is 24.6 Å². The van der Waals surface area contributed by atoms with E-state index < -0.39 is 0 Å². The van der Waals surface area contributed by atoms with E-state index in [4.69, 9.17) is 0 Å². The van der Waals surface area contributed by atoms with Gasteiger partial charge in [-0.3, -0.25) is 19.7 Å². The number of piperidine rings is 1. The molecule has 5 nitrogen and oxygen atoms in total. The van der Waals surface area contributed by atoms with Gasteiger partial charge in [0, 0.05) is 24.5 Å². The number of nitrogens with zero attached hydrogens (tertiary/aromatic N) is 3. The van der Waals surface area contributed by atoms with Crippen LogP contribution in [0.1, 0.15) is 46.9 Å². The van der Waals surface area contributed by atoms with Crippen LogP contribution in [0.15, 0.2) is 73.2 Å². The molecule has 28 heavy (non-hydrogen) atoms. The highest BCUT2D eigenvalue weighted by Crippen LogP contribution is 2.31. The molecule has 1 atom stereocenters. The number of nitrogens with one attached hydrogen (secondary N) is 1. The lowest BCUT2D eigenvalue weighted by molar-refractivity contribution is 0.102. The lowest BCUT2D eigenvalue weighted by Gasteiger charge is -2.35. The van der Waals surface area contributed by atoms with Crippen LogP contribution in [-0.2, 0) is 6.54 Å². The molecule has 4 rings (SSSR count). The minimum atomic E-state index is -0.116. The van der Waals surface area contributed by atoms with Gasteiger partial charge in [0.05, 0.1) is 23.6 Å². The smallest absolute Gasteiger partial charge is 0.255 e. The number of hydrogen-bond donors (Lipinski definition) is 1. The Morgan fingerprint density at radius 2 is 2.04 bits per heavy atom. The molecule has 0 radical (unpaired) electrons. The first-order valence-corrected chi connectivity index (χ1v) is 9.75. The molecular weight excluding hydrogens is 348 g/mol. The monoisotopic (exact) mass is 372 g/mol. The van der Waals surface area contributed by atoms with Gasteiger partial charge in [-0.25, -0.2) is 0 Å². The molecule has 0 saturated carbocycles. The summed E-state index contributed by atoms with van der Waals surface area (Å²) in [5, 5.41) is 2.90. The molecular formula is C23H24N4O. The highest BCUT2D eigenvalue weighted by atomic mass is 16.1. The fourth-order valence-electron chi connectivity index (χ4n) is 3.77. The number of aromatic nitrogens is 2. The number of benzene rings is 1. The van der Waals surface area contributed by atoms with Gasteiger partial charge in [0.2, 0.25) is 0 Å². The summed E-state index contributed by atoms with van der Waals surface area (Å²) in [6.45, 7) is 1.86. The van der Waals surface area contributed by atoms with Gasteiger partial charge in [-0.2, -0.15) is 0 Å². The van der Waals surface area contributed by atoms with Crippen LogP contribution in [0.5, 0.6) is 0 Å². The maximum absolute atomic E-state index is 12.6. The normalized spacial score (nSPS) is 17.2. The van der Waals surface area contributed by atoms with Gasteiger partial charge < -0.3 is 5.32 Å². The topological polar surface area (TPSA) is 58.1 Å². The molecule has 1 aromatic carbocycles. The lowest BCUT2D eigenvalue weighted by Crippen LogP contribution is -2.33. The summed E-state index contributed by atoms with van der Waals surface area (Å²) in [7, 11) is 0. The first-order valence-electron chi connectivity index (χ1n) is 9.75. The molecule has 1 aliphatic heterocycles. The third-order valence-corrected chi connectivity index (χ3v) is 5.14. The van der Waals surface area contributed by atoms with Crippen molar-refractivity contribution in [2.24, 2.45) is 0 Å². The Bertz CT molecular complexity index is 914. The van der Waals surface area contributed by atoms with Crippen LogP contribution in [0, 0.1) is 0 Å². The molecule has 1 fully saturated rings. The van der Waals surface area contributed by atoms with Gasteiger partial charge in [0.15, 0.2) is 0 Å². The van der Waals surface area contributed by atoms with E-state index in [9.17, 15) is 4.79 Å². The van der Waals surface area contributed by atoms with Crippen molar-refractivity contribution in [3.05, 3.63) is 90.0 Å². The SMILES string of the molecule is O=C(Nc1cccnc1)c1cccc(CN2CCCC[C@H]2c2ccccn2)c1. The van der Waals surface area contributed by atoms with Crippen LogP contribution in [-0.4, -0.2) is 27.3 Å². The Hall–Kier alpha value is -3.05. The van der Waals surface area contributed by atoms with E-state index in [-0.39, 0.29) is 5.91 Å². The van der Waals surface area contributed by atoms with Crippen LogP contribution in [0.2, 0.25) is 0 Å². The maximum atomic E-state index is 12.6. The van der Waals surface area contributed by atoms with Crippen molar-refractivity contribution >= 4 is 11.6 Å².